The number of hydrogen-bond donors (Lipinski definition) is 0. The Morgan fingerprint density at radius 1 is 0.824 bits per heavy atom. The van der Waals surface area contributed by atoms with Gasteiger partial charge in [-0.2, -0.15) is 0 Å². The van der Waals surface area contributed by atoms with Crippen molar-refractivity contribution in [1.82, 2.24) is 9.80 Å². The quantitative estimate of drug-likeness (QED) is 0.306. The normalized spacial score (nSPS) is 12.7. The van der Waals surface area contributed by atoms with Crippen LogP contribution in [-0.4, -0.2) is 34.7 Å². The summed E-state index contributed by atoms with van der Waals surface area (Å²) in [6.07, 6.45) is 1.67. The Hall–Kier alpha value is -2.92. The smallest absolute Gasteiger partial charge is 0.242 e. The Morgan fingerprint density at radius 2 is 1.50 bits per heavy atom. The molecule has 0 aliphatic heterocycles. The van der Waals surface area contributed by atoms with Gasteiger partial charge in [-0.25, -0.2) is 0 Å². The van der Waals surface area contributed by atoms with Crippen molar-refractivity contribution >= 4 is 23.2 Å². The molecule has 0 radical (unpaired) electrons. The van der Waals surface area contributed by atoms with Crippen LogP contribution in [0.5, 0.6) is 0 Å². The molecule has 4 nitrogen and oxygen atoms in total. The lowest BCUT2D eigenvalue weighted by Gasteiger charge is -2.31. The third-order valence-electron chi connectivity index (χ3n) is 6.27. The zero-order valence-electron chi connectivity index (χ0n) is 20.5. The van der Waals surface area contributed by atoms with Crippen LogP contribution in [0.2, 0.25) is 0 Å². The van der Waals surface area contributed by atoms with E-state index in [1.807, 2.05) is 83.9 Å². The molecule has 0 bridgehead atoms. The van der Waals surface area contributed by atoms with Crippen molar-refractivity contribution in [2.24, 2.45) is 5.92 Å². The van der Waals surface area contributed by atoms with Gasteiger partial charge in [-0.15, -0.1) is 11.3 Å². The van der Waals surface area contributed by atoms with E-state index in [9.17, 15) is 9.59 Å². The largest absolute Gasteiger partial charge is 0.333 e. The maximum Gasteiger partial charge on any atom is 0.242 e. The van der Waals surface area contributed by atoms with Crippen molar-refractivity contribution in [3.05, 3.63) is 94.2 Å². The highest BCUT2D eigenvalue weighted by atomic mass is 32.1. The molecule has 0 N–H and O–H groups in total. The van der Waals surface area contributed by atoms with E-state index in [4.69, 9.17) is 0 Å². The molecule has 0 fully saturated rings. The Bertz CT molecular complexity index is 1010. The van der Waals surface area contributed by atoms with Crippen molar-refractivity contribution in [3.63, 3.8) is 0 Å². The molecule has 2 aromatic carbocycles. The minimum Gasteiger partial charge on any atom is -0.333 e. The minimum atomic E-state index is -0.238. The fraction of sp³-hybridized carbons (Fsp3) is 0.379. The molecule has 0 aliphatic carbocycles. The Balaban J connectivity index is 1.82. The zero-order chi connectivity index (χ0) is 24.3. The number of hydrogen-bond acceptors (Lipinski definition) is 3. The Kier molecular flexibility index (Phi) is 9.89. The lowest BCUT2D eigenvalue weighted by molar-refractivity contribution is -0.142. The standard InChI is InChI=1S/C29H36N2O2S/c1-4-23(3)19-31(29(33)27(5-2)25-15-10-7-11-16-25)22-28(32)30(21-26-17-12-18-34-26)20-24-13-8-6-9-14-24/h6-18,23,27H,4-5,19-22H2,1-3H3. The van der Waals surface area contributed by atoms with Crippen LogP contribution in [0.4, 0.5) is 0 Å². The van der Waals surface area contributed by atoms with Gasteiger partial charge >= 0.3 is 0 Å². The third-order valence-corrected chi connectivity index (χ3v) is 7.13. The zero-order valence-corrected chi connectivity index (χ0v) is 21.3. The van der Waals surface area contributed by atoms with Gasteiger partial charge in [0.15, 0.2) is 0 Å². The first-order chi connectivity index (χ1) is 16.5. The molecular formula is C29H36N2O2S. The summed E-state index contributed by atoms with van der Waals surface area (Å²) >= 11 is 1.65. The number of benzene rings is 2. The van der Waals surface area contributed by atoms with Crippen LogP contribution in [0.3, 0.4) is 0 Å². The highest BCUT2D eigenvalue weighted by Crippen LogP contribution is 2.23. The average molecular weight is 477 g/mol. The average Bonchev–Trinajstić information content (AvgIpc) is 3.38. The molecular weight excluding hydrogens is 440 g/mol. The van der Waals surface area contributed by atoms with E-state index in [0.717, 1.165) is 22.4 Å². The number of rotatable bonds is 12. The van der Waals surface area contributed by atoms with Gasteiger partial charge in [-0.3, -0.25) is 9.59 Å². The van der Waals surface area contributed by atoms with Gasteiger partial charge in [-0.1, -0.05) is 93.9 Å². The van der Waals surface area contributed by atoms with Gasteiger partial charge in [0.25, 0.3) is 0 Å². The summed E-state index contributed by atoms with van der Waals surface area (Å²) in [4.78, 5) is 32.2. The van der Waals surface area contributed by atoms with Crippen LogP contribution >= 0.6 is 11.3 Å². The van der Waals surface area contributed by atoms with Crippen molar-refractivity contribution in [1.29, 1.82) is 0 Å². The van der Waals surface area contributed by atoms with Crippen molar-refractivity contribution in [2.45, 2.75) is 52.6 Å². The summed E-state index contributed by atoms with van der Waals surface area (Å²) in [5, 5.41) is 2.03. The second-order valence-corrected chi connectivity index (χ2v) is 9.95. The number of thiophene rings is 1. The molecule has 5 heteroatoms. The highest BCUT2D eigenvalue weighted by Gasteiger charge is 2.28. The molecule has 1 aromatic heterocycles. The summed E-state index contributed by atoms with van der Waals surface area (Å²) in [5.74, 6) is 0.109. The lowest BCUT2D eigenvalue weighted by Crippen LogP contribution is -2.45. The van der Waals surface area contributed by atoms with Gasteiger partial charge in [0.1, 0.15) is 0 Å². The predicted octanol–water partition coefficient (Wildman–Crippen LogP) is 6.35. The Labute approximate surface area is 208 Å². The van der Waals surface area contributed by atoms with Gasteiger partial charge in [0.05, 0.1) is 19.0 Å². The van der Waals surface area contributed by atoms with Gasteiger partial charge in [0, 0.05) is 18.0 Å². The summed E-state index contributed by atoms with van der Waals surface area (Å²) < 4.78 is 0. The van der Waals surface area contributed by atoms with E-state index < -0.39 is 0 Å². The third kappa shape index (κ3) is 7.29. The fourth-order valence-electron chi connectivity index (χ4n) is 4.09. The number of nitrogens with zero attached hydrogens (tertiary/aromatic N) is 2. The molecule has 34 heavy (non-hydrogen) atoms. The SMILES string of the molecule is CCC(C)CN(CC(=O)N(Cc1ccccc1)Cc1cccs1)C(=O)C(CC)c1ccccc1. The van der Waals surface area contributed by atoms with E-state index in [0.29, 0.717) is 32.0 Å². The second kappa shape index (κ2) is 13.1. The molecule has 3 aromatic rings. The van der Waals surface area contributed by atoms with Gasteiger partial charge < -0.3 is 9.80 Å². The molecule has 0 spiro atoms. The van der Waals surface area contributed by atoms with Gasteiger partial charge in [0.2, 0.25) is 11.8 Å². The molecule has 1 heterocycles. The van der Waals surface area contributed by atoms with Crippen LogP contribution in [0.1, 0.15) is 55.5 Å². The highest BCUT2D eigenvalue weighted by molar-refractivity contribution is 7.09. The molecule has 2 atom stereocenters. The lowest BCUT2D eigenvalue weighted by atomic mass is 9.94. The molecule has 2 amide bonds. The molecule has 180 valence electrons. The van der Waals surface area contributed by atoms with Crippen LogP contribution in [0.15, 0.2) is 78.2 Å². The number of carbonyl (C=O) groups is 2. The molecule has 0 saturated heterocycles. The first-order valence-corrected chi connectivity index (χ1v) is 13.1. The minimum absolute atomic E-state index is 0.0168. The molecule has 3 rings (SSSR count). The number of amides is 2. The van der Waals surface area contributed by atoms with Crippen molar-refractivity contribution < 1.29 is 9.59 Å². The van der Waals surface area contributed by atoms with Crippen LogP contribution in [0.25, 0.3) is 0 Å². The Morgan fingerprint density at radius 3 is 2.09 bits per heavy atom. The first kappa shape index (κ1) is 25.7. The summed E-state index contributed by atoms with van der Waals surface area (Å²) in [6, 6.07) is 24.0. The first-order valence-electron chi connectivity index (χ1n) is 12.2. The molecule has 0 aliphatic rings. The topological polar surface area (TPSA) is 40.6 Å². The van der Waals surface area contributed by atoms with E-state index in [1.54, 1.807) is 16.2 Å². The van der Waals surface area contributed by atoms with E-state index in [1.165, 1.54) is 0 Å². The van der Waals surface area contributed by atoms with E-state index in [-0.39, 0.29) is 24.3 Å². The summed E-state index contributed by atoms with van der Waals surface area (Å²) in [5.41, 5.74) is 2.10. The van der Waals surface area contributed by atoms with E-state index in [2.05, 4.69) is 19.9 Å². The van der Waals surface area contributed by atoms with E-state index >= 15 is 0 Å². The van der Waals surface area contributed by atoms with Crippen LogP contribution < -0.4 is 0 Å². The monoisotopic (exact) mass is 476 g/mol. The van der Waals surface area contributed by atoms with Crippen LogP contribution in [0, 0.1) is 5.92 Å². The maximum atomic E-state index is 13.7. The predicted molar refractivity (Wildman–Crippen MR) is 141 cm³/mol. The van der Waals surface area contributed by atoms with Crippen molar-refractivity contribution in [2.75, 3.05) is 13.1 Å². The fourth-order valence-corrected chi connectivity index (χ4v) is 4.81. The number of carbonyl (C=O) groups excluding carboxylic acids is 2. The molecule has 0 saturated carbocycles. The summed E-state index contributed by atoms with van der Waals surface area (Å²) in [6.45, 7) is 8.07. The maximum absolute atomic E-state index is 13.7. The van der Waals surface area contributed by atoms with Crippen molar-refractivity contribution in [3.8, 4) is 0 Å². The second-order valence-electron chi connectivity index (χ2n) is 8.92. The van der Waals surface area contributed by atoms with Crippen LogP contribution in [-0.2, 0) is 22.7 Å². The molecule has 2 unspecified atom stereocenters. The summed E-state index contributed by atoms with van der Waals surface area (Å²) in [7, 11) is 0. The van der Waals surface area contributed by atoms with Gasteiger partial charge in [-0.05, 0) is 34.9 Å².